The molecule has 1 amide bonds. The van der Waals surface area contributed by atoms with E-state index in [0.29, 0.717) is 12.3 Å². The normalized spacial score (nSPS) is 22.6. The summed E-state index contributed by atoms with van der Waals surface area (Å²) in [5.74, 6) is 0.835. The van der Waals surface area contributed by atoms with Gasteiger partial charge in [0.15, 0.2) is 0 Å². The minimum absolute atomic E-state index is 0. The molecule has 1 saturated carbocycles. The van der Waals surface area contributed by atoms with Crippen LogP contribution in [-0.2, 0) is 4.79 Å². The van der Waals surface area contributed by atoms with Crippen LogP contribution in [0.25, 0.3) is 0 Å². The van der Waals surface area contributed by atoms with Gasteiger partial charge < -0.3 is 15.5 Å². The number of likely N-dealkylation sites (N-methyl/N-ethyl adjacent to an activating group) is 1. The zero-order valence-electron chi connectivity index (χ0n) is 13.6. The van der Waals surface area contributed by atoms with E-state index in [1.54, 1.807) is 0 Å². The average molecular weight is 318 g/mol. The van der Waals surface area contributed by atoms with Crippen molar-refractivity contribution in [2.45, 2.75) is 56.9 Å². The SMILES string of the molecule is CN(C)C1(CNC(=O)CC2CCNCC2)CCCCC1.Cl. The first-order chi connectivity index (χ1) is 9.62. The van der Waals surface area contributed by atoms with Crippen molar-refractivity contribution in [1.82, 2.24) is 15.5 Å². The molecule has 0 unspecified atom stereocenters. The van der Waals surface area contributed by atoms with Crippen molar-refractivity contribution in [2.24, 2.45) is 5.92 Å². The van der Waals surface area contributed by atoms with E-state index in [0.717, 1.165) is 32.5 Å². The molecule has 0 aromatic heterocycles. The molecule has 2 aliphatic rings. The van der Waals surface area contributed by atoms with Gasteiger partial charge in [-0.2, -0.15) is 0 Å². The number of nitrogens with zero attached hydrogens (tertiary/aromatic N) is 1. The van der Waals surface area contributed by atoms with Gasteiger partial charge in [-0.25, -0.2) is 0 Å². The molecule has 4 nitrogen and oxygen atoms in total. The highest BCUT2D eigenvalue weighted by molar-refractivity contribution is 5.85. The second-order valence-electron chi connectivity index (χ2n) is 6.85. The molecule has 2 N–H and O–H groups in total. The molecule has 0 radical (unpaired) electrons. The average Bonchev–Trinajstić information content (AvgIpc) is 2.47. The zero-order valence-corrected chi connectivity index (χ0v) is 14.4. The Morgan fingerprint density at radius 1 is 1.19 bits per heavy atom. The highest BCUT2D eigenvalue weighted by atomic mass is 35.5. The molecule has 1 heterocycles. The predicted molar refractivity (Wildman–Crippen MR) is 90.0 cm³/mol. The smallest absolute Gasteiger partial charge is 0.220 e. The summed E-state index contributed by atoms with van der Waals surface area (Å²) in [5, 5.41) is 6.58. The van der Waals surface area contributed by atoms with E-state index in [2.05, 4.69) is 29.6 Å². The van der Waals surface area contributed by atoms with Gasteiger partial charge in [-0.3, -0.25) is 4.79 Å². The first-order valence-electron chi connectivity index (χ1n) is 8.27. The molecule has 0 aromatic rings. The summed E-state index contributed by atoms with van der Waals surface area (Å²) in [6.45, 7) is 2.96. The fourth-order valence-corrected chi connectivity index (χ4v) is 3.68. The number of halogens is 1. The van der Waals surface area contributed by atoms with Gasteiger partial charge in [0.25, 0.3) is 0 Å². The summed E-state index contributed by atoms with van der Waals surface area (Å²) in [7, 11) is 4.31. The summed E-state index contributed by atoms with van der Waals surface area (Å²) in [4.78, 5) is 14.5. The number of amides is 1. The van der Waals surface area contributed by atoms with Gasteiger partial charge in [0.05, 0.1) is 0 Å². The van der Waals surface area contributed by atoms with Crippen molar-refractivity contribution < 1.29 is 4.79 Å². The Bertz CT molecular complexity index is 311. The maximum Gasteiger partial charge on any atom is 0.220 e. The second-order valence-corrected chi connectivity index (χ2v) is 6.85. The van der Waals surface area contributed by atoms with Crippen LogP contribution in [0.5, 0.6) is 0 Å². The number of nitrogens with one attached hydrogen (secondary N) is 2. The molecule has 2 rings (SSSR count). The van der Waals surface area contributed by atoms with Gasteiger partial charge in [0.2, 0.25) is 5.91 Å². The fraction of sp³-hybridized carbons (Fsp3) is 0.938. The number of carbonyl (C=O) groups excluding carboxylic acids is 1. The molecule has 0 atom stereocenters. The van der Waals surface area contributed by atoms with Crippen LogP contribution in [0.3, 0.4) is 0 Å². The van der Waals surface area contributed by atoms with Crippen molar-refractivity contribution in [3.63, 3.8) is 0 Å². The van der Waals surface area contributed by atoms with E-state index in [-0.39, 0.29) is 23.9 Å². The maximum atomic E-state index is 12.2. The molecule has 1 aliphatic carbocycles. The van der Waals surface area contributed by atoms with Crippen LogP contribution in [0, 0.1) is 5.92 Å². The van der Waals surface area contributed by atoms with E-state index in [1.165, 1.54) is 32.1 Å². The fourth-order valence-electron chi connectivity index (χ4n) is 3.68. The molecule has 5 heteroatoms. The van der Waals surface area contributed by atoms with E-state index in [4.69, 9.17) is 0 Å². The van der Waals surface area contributed by atoms with Crippen molar-refractivity contribution in [1.29, 1.82) is 0 Å². The lowest BCUT2D eigenvalue weighted by Crippen LogP contribution is -2.54. The van der Waals surface area contributed by atoms with E-state index >= 15 is 0 Å². The molecular weight excluding hydrogens is 286 g/mol. The molecule has 0 aromatic carbocycles. The van der Waals surface area contributed by atoms with Gasteiger partial charge in [-0.1, -0.05) is 19.3 Å². The Balaban J connectivity index is 0.00000220. The Morgan fingerprint density at radius 2 is 1.81 bits per heavy atom. The number of hydrogen-bond acceptors (Lipinski definition) is 3. The van der Waals surface area contributed by atoms with Crippen LogP contribution in [-0.4, -0.2) is 50.1 Å². The standard InChI is InChI=1S/C16H31N3O.ClH/c1-19(2)16(8-4-3-5-9-16)13-18-15(20)12-14-6-10-17-11-7-14;/h14,17H,3-13H2,1-2H3,(H,18,20);1H. The van der Waals surface area contributed by atoms with E-state index in [9.17, 15) is 4.79 Å². The Morgan fingerprint density at radius 3 is 2.38 bits per heavy atom. The lowest BCUT2D eigenvalue weighted by atomic mass is 9.80. The number of rotatable bonds is 5. The van der Waals surface area contributed by atoms with Crippen molar-refractivity contribution in [2.75, 3.05) is 33.7 Å². The van der Waals surface area contributed by atoms with Crippen LogP contribution in [0.4, 0.5) is 0 Å². The minimum atomic E-state index is 0. The molecule has 0 bridgehead atoms. The van der Waals surface area contributed by atoms with Crippen LogP contribution in [0.15, 0.2) is 0 Å². The van der Waals surface area contributed by atoms with Crippen LogP contribution < -0.4 is 10.6 Å². The monoisotopic (exact) mass is 317 g/mol. The Kier molecular flexibility index (Phi) is 7.99. The molecule has 21 heavy (non-hydrogen) atoms. The summed E-state index contributed by atoms with van der Waals surface area (Å²) in [6.07, 6.45) is 9.37. The molecule has 1 saturated heterocycles. The highest BCUT2D eigenvalue weighted by Crippen LogP contribution is 2.31. The third-order valence-electron chi connectivity index (χ3n) is 5.28. The van der Waals surface area contributed by atoms with Crippen molar-refractivity contribution in [3.8, 4) is 0 Å². The third kappa shape index (κ3) is 5.42. The van der Waals surface area contributed by atoms with E-state index < -0.39 is 0 Å². The zero-order chi connectivity index (χ0) is 14.4. The lowest BCUT2D eigenvalue weighted by Gasteiger charge is -2.43. The number of hydrogen-bond donors (Lipinski definition) is 2. The van der Waals surface area contributed by atoms with Gasteiger partial charge in [0, 0.05) is 18.5 Å². The predicted octanol–water partition coefficient (Wildman–Crippen LogP) is 2.18. The number of carbonyl (C=O) groups is 1. The molecule has 0 spiro atoms. The molecule has 1 aliphatic heterocycles. The molecule has 124 valence electrons. The van der Waals surface area contributed by atoms with Crippen molar-refractivity contribution in [3.05, 3.63) is 0 Å². The maximum absolute atomic E-state index is 12.2. The quantitative estimate of drug-likeness (QED) is 0.817. The largest absolute Gasteiger partial charge is 0.354 e. The Labute approximate surface area is 135 Å². The topological polar surface area (TPSA) is 44.4 Å². The van der Waals surface area contributed by atoms with Gasteiger partial charge in [-0.05, 0) is 58.8 Å². The second kappa shape index (κ2) is 8.96. The van der Waals surface area contributed by atoms with Gasteiger partial charge in [0.1, 0.15) is 0 Å². The Hall–Kier alpha value is -0.320. The summed E-state index contributed by atoms with van der Waals surface area (Å²) in [6, 6.07) is 0. The lowest BCUT2D eigenvalue weighted by molar-refractivity contribution is -0.123. The first-order valence-corrected chi connectivity index (χ1v) is 8.27. The first kappa shape index (κ1) is 18.7. The molecular formula is C16H32ClN3O. The van der Waals surface area contributed by atoms with Crippen LogP contribution in [0.1, 0.15) is 51.4 Å². The summed E-state index contributed by atoms with van der Waals surface area (Å²) >= 11 is 0. The van der Waals surface area contributed by atoms with Gasteiger partial charge in [-0.15, -0.1) is 12.4 Å². The van der Waals surface area contributed by atoms with Crippen LogP contribution >= 0.6 is 12.4 Å². The number of piperidine rings is 1. The highest BCUT2D eigenvalue weighted by Gasteiger charge is 2.34. The van der Waals surface area contributed by atoms with Crippen LogP contribution in [0.2, 0.25) is 0 Å². The summed E-state index contributed by atoms with van der Waals surface area (Å²) < 4.78 is 0. The third-order valence-corrected chi connectivity index (χ3v) is 5.28. The molecule has 2 fully saturated rings. The van der Waals surface area contributed by atoms with E-state index in [1.807, 2.05) is 0 Å². The van der Waals surface area contributed by atoms with Gasteiger partial charge >= 0.3 is 0 Å². The summed E-state index contributed by atoms with van der Waals surface area (Å²) in [5.41, 5.74) is 0.196. The van der Waals surface area contributed by atoms with Crippen molar-refractivity contribution >= 4 is 18.3 Å². The minimum Gasteiger partial charge on any atom is -0.354 e.